The lowest BCUT2D eigenvalue weighted by Crippen LogP contribution is -2.34. The molecule has 1 saturated carbocycles. The zero-order valence-electron chi connectivity index (χ0n) is 10.7. The molecule has 4 heteroatoms. The molecule has 0 aromatic carbocycles. The van der Waals surface area contributed by atoms with E-state index in [1.807, 2.05) is 0 Å². The first-order valence-electron chi connectivity index (χ1n) is 6.20. The average Bonchev–Trinajstić information content (AvgIpc) is 2.83. The van der Waals surface area contributed by atoms with Gasteiger partial charge >= 0.3 is 0 Å². The minimum atomic E-state index is 0. The van der Waals surface area contributed by atoms with Gasteiger partial charge in [0.1, 0.15) is 0 Å². The highest BCUT2D eigenvalue weighted by atomic mass is 127. The van der Waals surface area contributed by atoms with Crippen molar-refractivity contribution >= 4 is 29.9 Å². The lowest BCUT2D eigenvalue weighted by Gasteiger charge is -2.05. The van der Waals surface area contributed by atoms with Gasteiger partial charge < -0.3 is 11.1 Å². The van der Waals surface area contributed by atoms with E-state index in [9.17, 15) is 0 Å². The van der Waals surface area contributed by atoms with Crippen molar-refractivity contribution in [2.24, 2.45) is 22.6 Å². The molecule has 2 unspecified atom stereocenters. The molecule has 0 aromatic rings. The Morgan fingerprint density at radius 3 is 2.75 bits per heavy atom. The summed E-state index contributed by atoms with van der Waals surface area (Å²) in [4.78, 5) is 4.32. The van der Waals surface area contributed by atoms with Gasteiger partial charge in [-0.1, -0.05) is 27.2 Å². The van der Waals surface area contributed by atoms with Crippen LogP contribution in [-0.2, 0) is 0 Å². The molecular weight excluding hydrogens is 313 g/mol. The van der Waals surface area contributed by atoms with Crippen molar-refractivity contribution in [3.05, 3.63) is 0 Å². The molecule has 0 radical (unpaired) electrons. The zero-order chi connectivity index (χ0) is 11.3. The minimum Gasteiger partial charge on any atom is -0.370 e. The summed E-state index contributed by atoms with van der Waals surface area (Å²) in [6, 6.07) is 0.604. The first kappa shape index (κ1) is 16.0. The van der Waals surface area contributed by atoms with E-state index in [0.717, 1.165) is 18.9 Å². The van der Waals surface area contributed by atoms with Crippen LogP contribution in [0.5, 0.6) is 0 Å². The number of rotatable bonds is 6. The Bertz CT molecular complexity index is 216. The average molecular weight is 339 g/mol. The summed E-state index contributed by atoms with van der Waals surface area (Å²) in [5.74, 6) is 2.18. The fourth-order valence-corrected chi connectivity index (χ4v) is 1.79. The number of halogens is 1. The minimum absolute atomic E-state index is 0. The summed E-state index contributed by atoms with van der Waals surface area (Å²) in [5, 5.41) is 3.29. The van der Waals surface area contributed by atoms with Gasteiger partial charge in [0.25, 0.3) is 0 Å². The predicted molar refractivity (Wildman–Crippen MR) is 81.3 cm³/mol. The summed E-state index contributed by atoms with van der Waals surface area (Å²) >= 11 is 0. The summed E-state index contributed by atoms with van der Waals surface area (Å²) in [5.41, 5.74) is 5.80. The smallest absolute Gasteiger partial charge is 0.188 e. The number of guanidine groups is 1. The van der Waals surface area contributed by atoms with E-state index in [-0.39, 0.29) is 24.0 Å². The summed E-state index contributed by atoms with van der Waals surface area (Å²) in [6.07, 6.45) is 4.98. The van der Waals surface area contributed by atoms with Crippen LogP contribution in [-0.4, -0.2) is 18.5 Å². The van der Waals surface area contributed by atoms with Crippen LogP contribution in [0, 0.1) is 11.8 Å². The molecule has 0 aromatic heterocycles. The Morgan fingerprint density at radius 2 is 2.19 bits per heavy atom. The van der Waals surface area contributed by atoms with Crippen LogP contribution in [0.3, 0.4) is 0 Å². The van der Waals surface area contributed by atoms with E-state index < -0.39 is 0 Å². The van der Waals surface area contributed by atoms with Crippen molar-refractivity contribution in [1.29, 1.82) is 0 Å². The van der Waals surface area contributed by atoms with Crippen LogP contribution in [0.4, 0.5) is 0 Å². The SMILES string of the molecule is CCCC1CC1NC(N)=NCCC(C)C.I. The third kappa shape index (κ3) is 6.55. The zero-order valence-corrected chi connectivity index (χ0v) is 13.0. The second-order valence-corrected chi connectivity index (χ2v) is 4.98. The second-order valence-electron chi connectivity index (χ2n) is 4.98. The fourth-order valence-electron chi connectivity index (χ4n) is 1.79. The van der Waals surface area contributed by atoms with E-state index in [1.54, 1.807) is 0 Å². The van der Waals surface area contributed by atoms with Gasteiger partial charge in [-0.05, 0) is 31.1 Å². The Balaban J connectivity index is 0.00000225. The number of hydrogen-bond donors (Lipinski definition) is 2. The molecule has 2 atom stereocenters. The molecule has 1 aliphatic rings. The van der Waals surface area contributed by atoms with Crippen LogP contribution < -0.4 is 11.1 Å². The normalized spacial score (nSPS) is 24.1. The molecule has 1 fully saturated rings. The number of hydrogen-bond acceptors (Lipinski definition) is 1. The largest absolute Gasteiger partial charge is 0.370 e. The maximum absolute atomic E-state index is 5.80. The van der Waals surface area contributed by atoms with Crippen molar-refractivity contribution in [3.63, 3.8) is 0 Å². The highest BCUT2D eigenvalue weighted by Gasteiger charge is 2.36. The molecule has 16 heavy (non-hydrogen) atoms. The van der Waals surface area contributed by atoms with Crippen LogP contribution in [0.15, 0.2) is 4.99 Å². The first-order valence-corrected chi connectivity index (χ1v) is 6.20. The highest BCUT2D eigenvalue weighted by molar-refractivity contribution is 14.0. The Kier molecular flexibility index (Phi) is 8.14. The van der Waals surface area contributed by atoms with E-state index >= 15 is 0 Å². The van der Waals surface area contributed by atoms with Crippen LogP contribution in [0.2, 0.25) is 0 Å². The maximum Gasteiger partial charge on any atom is 0.188 e. The molecule has 1 aliphatic carbocycles. The number of nitrogens with two attached hydrogens (primary N) is 1. The molecule has 1 rings (SSSR count). The van der Waals surface area contributed by atoms with Gasteiger partial charge in [-0.15, -0.1) is 24.0 Å². The second kappa shape index (κ2) is 8.14. The first-order chi connectivity index (χ1) is 7.13. The van der Waals surface area contributed by atoms with Crippen molar-refractivity contribution < 1.29 is 0 Å². The van der Waals surface area contributed by atoms with Gasteiger partial charge in [0, 0.05) is 12.6 Å². The molecular formula is C12H26IN3. The summed E-state index contributed by atoms with van der Waals surface area (Å²) in [6.45, 7) is 7.49. The third-order valence-electron chi connectivity index (χ3n) is 2.90. The number of aliphatic imine (C=N–C) groups is 1. The van der Waals surface area contributed by atoms with Crippen molar-refractivity contribution in [1.82, 2.24) is 5.32 Å². The quantitative estimate of drug-likeness (QED) is 0.444. The van der Waals surface area contributed by atoms with Gasteiger partial charge in [-0.3, -0.25) is 4.99 Å². The Morgan fingerprint density at radius 1 is 1.50 bits per heavy atom. The number of nitrogens with zero attached hydrogens (tertiary/aromatic N) is 1. The van der Waals surface area contributed by atoms with Gasteiger partial charge in [0.15, 0.2) is 5.96 Å². The Hall–Kier alpha value is 0. The standard InChI is InChI=1S/C12H25N3.HI/c1-4-5-10-8-11(10)15-12(13)14-7-6-9(2)3;/h9-11H,4-8H2,1-3H3,(H3,13,14,15);1H. The van der Waals surface area contributed by atoms with Gasteiger partial charge in [0.05, 0.1) is 0 Å². The van der Waals surface area contributed by atoms with Gasteiger partial charge in [0.2, 0.25) is 0 Å². The monoisotopic (exact) mass is 339 g/mol. The van der Waals surface area contributed by atoms with E-state index in [4.69, 9.17) is 5.73 Å². The molecule has 0 bridgehead atoms. The number of nitrogens with one attached hydrogen (secondary N) is 1. The molecule has 3 N–H and O–H groups in total. The van der Waals surface area contributed by atoms with Gasteiger partial charge in [-0.25, -0.2) is 0 Å². The predicted octanol–water partition coefficient (Wildman–Crippen LogP) is 2.74. The van der Waals surface area contributed by atoms with Crippen LogP contribution in [0.1, 0.15) is 46.5 Å². The molecule has 3 nitrogen and oxygen atoms in total. The summed E-state index contributed by atoms with van der Waals surface area (Å²) < 4.78 is 0. The molecule has 96 valence electrons. The lowest BCUT2D eigenvalue weighted by atomic mass is 10.1. The molecule has 0 spiro atoms. The van der Waals surface area contributed by atoms with E-state index in [1.165, 1.54) is 19.3 Å². The summed E-state index contributed by atoms with van der Waals surface area (Å²) in [7, 11) is 0. The van der Waals surface area contributed by atoms with Gasteiger partial charge in [-0.2, -0.15) is 0 Å². The fraction of sp³-hybridized carbons (Fsp3) is 0.917. The Labute approximate surface area is 117 Å². The van der Waals surface area contributed by atoms with Crippen molar-refractivity contribution in [2.45, 2.75) is 52.5 Å². The lowest BCUT2D eigenvalue weighted by molar-refractivity contribution is 0.594. The van der Waals surface area contributed by atoms with Crippen LogP contribution >= 0.6 is 24.0 Å². The maximum atomic E-state index is 5.80. The third-order valence-corrected chi connectivity index (χ3v) is 2.90. The van der Waals surface area contributed by atoms with Crippen LogP contribution in [0.25, 0.3) is 0 Å². The highest BCUT2D eigenvalue weighted by Crippen LogP contribution is 2.34. The molecule has 0 aliphatic heterocycles. The molecule has 0 amide bonds. The topological polar surface area (TPSA) is 50.4 Å². The van der Waals surface area contributed by atoms with Crippen molar-refractivity contribution in [2.75, 3.05) is 6.54 Å². The molecule has 0 saturated heterocycles. The molecule has 0 heterocycles. The van der Waals surface area contributed by atoms with E-state index in [2.05, 4.69) is 31.1 Å². The van der Waals surface area contributed by atoms with Crippen molar-refractivity contribution in [3.8, 4) is 0 Å². The van der Waals surface area contributed by atoms with E-state index in [0.29, 0.717) is 17.9 Å².